The summed E-state index contributed by atoms with van der Waals surface area (Å²) < 4.78 is 14.9. The van der Waals surface area contributed by atoms with E-state index in [-0.39, 0.29) is 11.9 Å². The van der Waals surface area contributed by atoms with Crippen LogP contribution >= 0.6 is 11.6 Å². The lowest BCUT2D eigenvalue weighted by Crippen LogP contribution is -2.19. The van der Waals surface area contributed by atoms with Crippen molar-refractivity contribution >= 4 is 36.3 Å². The van der Waals surface area contributed by atoms with Gasteiger partial charge < -0.3 is 10.4 Å². The number of hydrogen-bond acceptors (Lipinski definition) is 5. The summed E-state index contributed by atoms with van der Waals surface area (Å²) in [4.78, 5) is 13.1. The molecule has 0 saturated carbocycles. The monoisotopic (exact) mass is 532 g/mol. The zero-order chi connectivity index (χ0) is 27.0. The van der Waals surface area contributed by atoms with Gasteiger partial charge in [-0.3, -0.25) is 4.98 Å². The Kier molecular flexibility index (Phi) is 7.38. The molecule has 2 heterocycles. The molecule has 2 aromatic heterocycles. The molecule has 1 unspecified atom stereocenters. The second-order valence-electron chi connectivity index (χ2n) is 10.7. The van der Waals surface area contributed by atoms with Gasteiger partial charge in [0, 0.05) is 40.7 Å². The molecule has 2 aromatic carbocycles. The van der Waals surface area contributed by atoms with E-state index in [1.807, 2.05) is 25.1 Å². The first kappa shape index (κ1) is 26.7. The Hall–Kier alpha value is -3.31. The van der Waals surface area contributed by atoms with E-state index < -0.39 is 13.7 Å². The molecule has 37 heavy (non-hydrogen) atoms. The van der Waals surface area contributed by atoms with Gasteiger partial charge in [-0.15, -0.1) is 5.54 Å². The summed E-state index contributed by atoms with van der Waals surface area (Å²) in [5.41, 5.74) is 6.56. The van der Waals surface area contributed by atoms with E-state index in [0.717, 1.165) is 27.6 Å². The fourth-order valence-electron chi connectivity index (χ4n) is 3.79. The van der Waals surface area contributed by atoms with Crippen LogP contribution in [0.5, 0.6) is 0 Å². The second-order valence-corrected chi connectivity index (χ2v) is 15.8. The number of rotatable bonds is 5. The third kappa shape index (κ3) is 6.34. The zero-order valence-corrected chi connectivity index (χ0v) is 23.6. The van der Waals surface area contributed by atoms with Gasteiger partial charge in [0.25, 0.3) is 0 Å². The van der Waals surface area contributed by atoms with E-state index in [1.54, 1.807) is 44.6 Å². The van der Waals surface area contributed by atoms with E-state index >= 15 is 0 Å². The summed E-state index contributed by atoms with van der Waals surface area (Å²) >= 11 is 6.59. The molecule has 0 aliphatic heterocycles. The summed E-state index contributed by atoms with van der Waals surface area (Å²) in [6.45, 7) is 11.7. The number of fused-ring (bicyclic) bond motifs is 1. The molecule has 0 bridgehead atoms. The highest BCUT2D eigenvalue weighted by atomic mass is 35.5. The van der Waals surface area contributed by atoms with Gasteiger partial charge in [0.15, 0.2) is 5.82 Å². The molecule has 0 amide bonds. The number of hydrogen-bond donors (Lipinski definition) is 2. The van der Waals surface area contributed by atoms with Gasteiger partial charge in [-0.1, -0.05) is 43.2 Å². The van der Waals surface area contributed by atoms with Crippen LogP contribution in [0.25, 0.3) is 22.0 Å². The van der Waals surface area contributed by atoms with Crippen molar-refractivity contribution in [3.63, 3.8) is 0 Å². The van der Waals surface area contributed by atoms with Crippen molar-refractivity contribution in [2.75, 3.05) is 5.32 Å². The number of halogens is 2. The predicted octanol–water partition coefficient (Wildman–Crippen LogP) is 7.11. The number of aliphatic hydroxyl groups is 1. The van der Waals surface area contributed by atoms with Crippen molar-refractivity contribution in [3.8, 4) is 22.6 Å². The standard InChI is InChI=1S/C29H30ClFN4OSi/c1-18(22-13-19(7-9-25(22)31)11-12-37(4,5)6)35-27-23-14-20(8-10-26(23)32-17-24(27)30)21-15-33-28(34-16-21)29(2,3)36/h7-10,13-18,36H,1-6H3,(H,32,35). The SMILES string of the molecule is CC(Nc1c(Cl)cnc2ccc(-c3cnc(C(C)(C)O)nc3)cc12)c1cc(C#C[Si](C)(C)C)ccc1F. The molecule has 5 nitrogen and oxygen atoms in total. The van der Waals surface area contributed by atoms with Crippen molar-refractivity contribution in [1.29, 1.82) is 0 Å². The van der Waals surface area contributed by atoms with Gasteiger partial charge >= 0.3 is 0 Å². The topological polar surface area (TPSA) is 70.9 Å². The predicted molar refractivity (Wildman–Crippen MR) is 152 cm³/mol. The van der Waals surface area contributed by atoms with Crippen LogP contribution in [0.4, 0.5) is 10.1 Å². The molecule has 2 N–H and O–H groups in total. The van der Waals surface area contributed by atoms with Gasteiger partial charge in [-0.25, -0.2) is 14.4 Å². The maximum Gasteiger partial charge on any atom is 0.159 e. The number of nitrogens with one attached hydrogen (secondary N) is 1. The van der Waals surface area contributed by atoms with Crippen LogP contribution in [0.1, 0.15) is 43.8 Å². The van der Waals surface area contributed by atoms with Gasteiger partial charge in [0.2, 0.25) is 0 Å². The Balaban J connectivity index is 1.71. The summed E-state index contributed by atoms with van der Waals surface area (Å²) in [6.07, 6.45) is 4.95. The first-order chi connectivity index (χ1) is 17.3. The summed E-state index contributed by atoms with van der Waals surface area (Å²) in [5, 5.41) is 14.8. The minimum absolute atomic E-state index is 0.308. The summed E-state index contributed by atoms with van der Waals surface area (Å²) in [6, 6.07) is 10.4. The van der Waals surface area contributed by atoms with Gasteiger partial charge in [0.1, 0.15) is 19.5 Å². The number of benzene rings is 2. The molecule has 4 rings (SSSR count). The van der Waals surface area contributed by atoms with Gasteiger partial charge in [-0.2, -0.15) is 0 Å². The summed E-state index contributed by atoms with van der Waals surface area (Å²) in [5.74, 6) is 3.24. The maximum atomic E-state index is 14.9. The van der Waals surface area contributed by atoms with Gasteiger partial charge in [0.05, 0.1) is 22.3 Å². The number of aromatic nitrogens is 3. The molecule has 190 valence electrons. The Labute approximate surface area is 223 Å². The van der Waals surface area contributed by atoms with Crippen LogP contribution in [-0.2, 0) is 5.60 Å². The largest absolute Gasteiger partial charge is 0.382 e. The minimum Gasteiger partial charge on any atom is -0.382 e. The van der Waals surface area contributed by atoms with Crippen LogP contribution in [0.2, 0.25) is 24.7 Å². The molecule has 4 aromatic rings. The molecule has 0 spiro atoms. The Morgan fingerprint density at radius 3 is 2.35 bits per heavy atom. The van der Waals surface area contributed by atoms with Crippen LogP contribution in [-0.4, -0.2) is 28.1 Å². The highest BCUT2D eigenvalue weighted by Crippen LogP contribution is 2.35. The minimum atomic E-state index is -1.56. The quantitative estimate of drug-likeness (QED) is 0.211. The first-order valence-corrected chi connectivity index (χ1v) is 15.9. The van der Waals surface area contributed by atoms with Crippen molar-refractivity contribution in [3.05, 3.63) is 82.8 Å². The molecule has 8 heteroatoms. The molecule has 0 aliphatic rings. The Morgan fingerprint density at radius 1 is 1.00 bits per heavy atom. The van der Waals surface area contributed by atoms with Gasteiger partial charge in [-0.05, 0) is 56.7 Å². The van der Waals surface area contributed by atoms with Crippen LogP contribution in [0.3, 0.4) is 0 Å². The molecule has 0 radical (unpaired) electrons. The maximum absolute atomic E-state index is 14.9. The lowest BCUT2D eigenvalue weighted by molar-refractivity contribution is 0.0687. The van der Waals surface area contributed by atoms with E-state index in [4.69, 9.17) is 11.6 Å². The fourth-order valence-corrected chi connectivity index (χ4v) is 4.52. The Bertz CT molecular complexity index is 1520. The molecular formula is C29H30ClFN4OSi. The smallest absolute Gasteiger partial charge is 0.159 e. The highest BCUT2D eigenvalue weighted by molar-refractivity contribution is 6.83. The van der Waals surface area contributed by atoms with E-state index in [9.17, 15) is 9.50 Å². The number of anilines is 1. The lowest BCUT2D eigenvalue weighted by atomic mass is 10.0. The molecule has 1 atom stereocenters. The second kappa shape index (κ2) is 10.2. The summed E-state index contributed by atoms with van der Waals surface area (Å²) in [7, 11) is -1.56. The van der Waals surface area contributed by atoms with Crippen molar-refractivity contribution in [1.82, 2.24) is 15.0 Å². The third-order valence-electron chi connectivity index (χ3n) is 5.76. The molecule has 0 fully saturated rings. The van der Waals surface area contributed by atoms with Crippen LogP contribution in [0.15, 0.2) is 55.0 Å². The van der Waals surface area contributed by atoms with Crippen LogP contribution < -0.4 is 5.32 Å². The molecule has 0 aliphatic carbocycles. The number of nitrogens with zero attached hydrogens (tertiary/aromatic N) is 3. The normalized spacial score (nSPS) is 12.7. The third-order valence-corrected chi connectivity index (χ3v) is 6.92. The van der Waals surface area contributed by atoms with Crippen molar-refractivity contribution in [2.45, 2.75) is 52.1 Å². The highest BCUT2D eigenvalue weighted by Gasteiger charge is 2.20. The average molecular weight is 533 g/mol. The van der Waals surface area contributed by atoms with Crippen molar-refractivity contribution in [2.24, 2.45) is 0 Å². The first-order valence-electron chi connectivity index (χ1n) is 12.0. The van der Waals surface area contributed by atoms with E-state index in [1.165, 1.54) is 6.07 Å². The van der Waals surface area contributed by atoms with E-state index in [2.05, 4.69) is 51.4 Å². The average Bonchev–Trinajstić information content (AvgIpc) is 2.84. The Morgan fingerprint density at radius 2 is 1.70 bits per heavy atom. The molecular weight excluding hydrogens is 503 g/mol. The fraction of sp³-hybridized carbons (Fsp3) is 0.276. The van der Waals surface area contributed by atoms with Crippen LogP contribution in [0, 0.1) is 17.3 Å². The van der Waals surface area contributed by atoms with Crippen molar-refractivity contribution < 1.29 is 9.50 Å². The molecule has 0 saturated heterocycles. The van der Waals surface area contributed by atoms with E-state index in [0.29, 0.717) is 22.1 Å². The number of pyridine rings is 1. The lowest BCUT2D eigenvalue weighted by Gasteiger charge is -2.20. The zero-order valence-electron chi connectivity index (χ0n) is 21.8.